The first-order chi connectivity index (χ1) is 6.68. The maximum atomic E-state index is 4.09. The van der Waals surface area contributed by atoms with Crippen LogP contribution in [-0.2, 0) is 0 Å². The summed E-state index contributed by atoms with van der Waals surface area (Å²) in [4.78, 5) is 0. The number of unbranched alkanes of at least 4 members (excludes halogenated alkanes) is 3. The Labute approximate surface area is 90.0 Å². The number of allylic oxidation sites excluding steroid dienone is 1. The van der Waals surface area contributed by atoms with Crippen LogP contribution in [0.5, 0.6) is 0 Å². The molecule has 1 nitrogen and oxygen atoms in total. The fourth-order valence-corrected chi connectivity index (χ4v) is 1.42. The average Bonchev–Trinajstić information content (AvgIpc) is 2.16. The van der Waals surface area contributed by atoms with Gasteiger partial charge in [-0.25, -0.2) is 0 Å². The van der Waals surface area contributed by atoms with Crippen LogP contribution in [0, 0.1) is 5.92 Å². The van der Waals surface area contributed by atoms with Crippen LogP contribution >= 0.6 is 0 Å². The predicted molar refractivity (Wildman–Crippen MR) is 65.6 cm³/mol. The van der Waals surface area contributed by atoms with E-state index in [1.807, 2.05) is 0 Å². The van der Waals surface area contributed by atoms with E-state index in [0.29, 0.717) is 5.92 Å². The van der Waals surface area contributed by atoms with Crippen molar-refractivity contribution < 1.29 is 0 Å². The molecule has 0 heterocycles. The van der Waals surface area contributed by atoms with E-state index in [1.165, 1.54) is 44.2 Å². The Morgan fingerprint density at radius 1 is 1.14 bits per heavy atom. The van der Waals surface area contributed by atoms with Crippen LogP contribution in [-0.4, -0.2) is 13.1 Å². The van der Waals surface area contributed by atoms with E-state index in [1.54, 1.807) is 0 Å². The van der Waals surface area contributed by atoms with Crippen molar-refractivity contribution in [3.05, 3.63) is 12.2 Å². The van der Waals surface area contributed by atoms with Gasteiger partial charge in [0.15, 0.2) is 0 Å². The molecule has 1 N–H and O–H groups in total. The normalized spacial score (nSPS) is 10.9. The fourth-order valence-electron chi connectivity index (χ4n) is 1.42. The first-order valence-corrected chi connectivity index (χ1v) is 6.06. The smallest absolute Gasteiger partial charge is 0.00490 e. The largest absolute Gasteiger partial charge is 0.317 e. The molecule has 14 heavy (non-hydrogen) atoms. The van der Waals surface area contributed by atoms with Crippen molar-refractivity contribution in [3.63, 3.8) is 0 Å². The Hall–Kier alpha value is -0.300. The molecule has 0 radical (unpaired) electrons. The van der Waals surface area contributed by atoms with Crippen molar-refractivity contribution >= 4 is 0 Å². The first-order valence-electron chi connectivity index (χ1n) is 6.06. The summed E-state index contributed by atoms with van der Waals surface area (Å²) < 4.78 is 0. The molecule has 84 valence electrons. The number of nitrogens with one attached hydrogen (secondary N) is 1. The van der Waals surface area contributed by atoms with Crippen LogP contribution < -0.4 is 5.32 Å². The number of hydrogen-bond acceptors (Lipinski definition) is 1. The molecule has 0 aromatic rings. The minimum atomic E-state index is 0.664. The minimum absolute atomic E-state index is 0.664. The lowest BCUT2D eigenvalue weighted by Gasteiger charge is -2.08. The van der Waals surface area contributed by atoms with E-state index in [-0.39, 0.29) is 0 Å². The molecule has 0 rings (SSSR count). The summed E-state index contributed by atoms with van der Waals surface area (Å²) in [6, 6.07) is 0. The topological polar surface area (TPSA) is 12.0 Å². The van der Waals surface area contributed by atoms with Gasteiger partial charge >= 0.3 is 0 Å². The quantitative estimate of drug-likeness (QED) is 0.438. The highest BCUT2D eigenvalue weighted by atomic mass is 14.8. The lowest BCUT2D eigenvalue weighted by molar-refractivity contribution is 0.584. The van der Waals surface area contributed by atoms with Crippen molar-refractivity contribution in [1.29, 1.82) is 0 Å². The van der Waals surface area contributed by atoms with Gasteiger partial charge < -0.3 is 5.32 Å². The van der Waals surface area contributed by atoms with Crippen molar-refractivity contribution in [3.8, 4) is 0 Å². The molecule has 0 fully saturated rings. The lowest BCUT2D eigenvalue weighted by atomic mass is 9.99. The van der Waals surface area contributed by atoms with E-state index in [2.05, 4.69) is 32.7 Å². The highest BCUT2D eigenvalue weighted by Crippen LogP contribution is 2.15. The summed E-state index contributed by atoms with van der Waals surface area (Å²) in [5.74, 6) is 0.664. The second kappa shape index (κ2) is 9.26. The highest BCUT2D eigenvalue weighted by molar-refractivity contribution is 4.96. The summed E-state index contributed by atoms with van der Waals surface area (Å²) in [6.07, 6.45) is 6.58. The van der Waals surface area contributed by atoms with Crippen LogP contribution in [0.1, 0.15) is 52.9 Å². The second-order valence-electron chi connectivity index (χ2n) is 4.33. The highest BCUT2D eigenvalue weighted by Gasteiger charge is 1.99. The molecular weight excluding hydrogens is 170 g/mol. The van der Waals surface area contributed by atoms with Gasteiger partial charge in [-0.1, -0.05) is 45.8 Å². The molecule has 0 spiro atoms. The SMILES string of the molecule is C=C(CCCCCCNCC)C(C)C. The molecule has 1 heteroatoms. The van der Waals surface area contributed by atoms with Gasteiger partial charge in [0.2, 0.25) is 0 Å². The molecule has 0 saturated heterocycles. The summed E-state index contributed by atoms with van der Waals surface area (Å²) in [6.45, 7) is 13.0. The second-order valence-corrected chi connectivity index (χ2v) is 4.33. The molecule has 0 saturated carbocycles. The van der Waals surface area contributed by atoms with E-state index >= 15 is 0 Å². The number of hydrogen-bond donors (Lipinski definition) is 1. The van der Waals surface area contributed by atoms with Gasteiger partial charge in [-0.15, -0.1) is 0 Å². The zero-order valence-corrected chi connectivity index (χ0v) is 10.2. The summed E-state index contributed by atoms with van der Waals surface area (Å²) in [7, 11) is 0. The van der Waals surface area contributed by atoms with E-state index in [4.69, 9.17) is 0 Å². The maximum absolute atomic E-state index is 4.09. The molecular formula is C13H27N. The summed E-state index contributed by atoms with van der Waals surface area (Å²) in [5, 5.41) is 3.35. The van der Waals surface area contributed by atoms with Crippen LogP contribution in [0.25, 0.3) is 0 Å². The van der Waals surface area contributed by atoms with E-state index in [9.17, 15) is 0 Å². The molecule has 0 aliphatic rings. The zero-order valence-electron chi connectivity index (χ0n) is 10.2. The molecule has 0 bridgehead atoms. The van der Waals surface area contributed by atoms with Crippen molar-refractivity contribution in [1.82, 2.24) is 5.32 Å². The Balaban J connectivity index is 3.10. The maximum Gasteiger partial charge on any atom is -0.00490 e. The van der Waals surface area contributed by atoms with Gasteiger partial charge in [-0.05, 0) is 38.3 Å². The van der Waals surface area contributed by atoms with Gasteiger partial charge in [0.1, 0.15) is 0 Å². The van der Waals surface area contributed by atoms with Crippen LogP contribution in [0.2, 0.25) is 0 Å². The third-order valence-corrected chi connectivity index (χ3v) is 2.67. The van der Waals surface area contributed by atoms with Gasteiger partial charge in [0.25, 0.3) is 0 Å². The van der Waals surface area contributed by atoms with Crippen molar-refractivity contribution in [2.75, 3.05) is 13.1 Å². The molecule has 0 aromatic heterocycles. The zero-order chi connectivity index (χ0) is 10.8. The van der Waals surface area contributed by atoms with Crippen LogP contribution in [0.3, 0.4) is 0 Å². The third kappa shape index (κ3) is 8.31. The molecule has 0 aliphatic heterocycles. The van der Waals surface area contributed by atoms with Crippen molar-refractivity contribution in [2.45, 2.75) is 52.9 Å². The molecule has 0 amide bonds. The summed E-state index contributed by atoms with van der Waals surface area (Å²) >= 11 is 0. The van der Waals surface area contributed by atoms with Gasteiger partial charge in [-0.2, -0.15) is 0 Å². The Bertz CT molecular complexity index is 138. The molecule has 0 aliphatic carbocycles. The third-order valence-electron chi connectivity index (χ3n) is 2.67. The molecule has 0 unspecified atom stereocenters. The molecule has 0 aromatic carbocycles. The Kier molecular flexibility index (Phi) is 9.06. The van der Waals surface area contributed by atoms with Gasteiger partial charge in [0, 0.05) is 0 Å². The standard InChI is InChI=1S/C13H27N/c1-5-14-11-9-7-6-8-10-13(4)12(2)3/h12,14H,4-11H2,1-3H3. The van der Waals surface area contributed by atoms with Crippen LogP contribution in [0.15, 0.2) is 12.2 Å². The van der Waals surface area contributed by atoms with E-state index in [0.717, 1.165) is 6.54 Å². The number of rotatable bonds is 9. The predicted octanol–water partition coefficient (Wildman–Crippen LogP) is 3.76. The fraction of sp³-hybridized carbons (Fsp3) is 0.846. The minimum Gasteiger partial charge on any atom is -0.317 e. The first kappa shape index (κ1) is 13.7. The monoisotopic (exact) mass is 197 g/mol. The van der Waals surface area contributed by atoms with Crippen LogP contribution in [0.4, 0.5) is 0 Å². The summed E-state index contributed by atoms with van der Waals surface area (Å²) in [5.41, 5.74) is 1.41. The Morgan fingerprint density at radius 2 is 1.79 bits per heavy atom. The average molecular weight is 197 g/mol. The molecule has 0 atom stereocenters. The van der Waals surface area contributed by atoms with E-state index < -0.39 is 0 Å². The van der Waals surface area contributed by atoms with Crippen molar-refractivity contribution in [2.24, 2.45) is 5.92 Å². The lowest BCUT2D eigenvalue weighted by Crippen LogP contribution is -2.13. The van der Waals surface area contributed by atoms with Gasteiger partial charge in [0.05, 0.1) is 0 Å². The Morgan fingerprint density at radius 3 is 2.36 bits per heavy atom. The van der Waals surface area contributed by atoms with Gasteiger partial charge in [-0.3, -0.25) is 0 Å².